The van der Waals surface area contributed by atoms with Crippen LogP contribution >= 0.6 is 11.3 Å². The van der Waals surface area contributed by atoms with Gasteiger partial charge in [-0.15, -0.1) is 11.3 Å². The summed E-state index contributed by atoms with van der Waals surface area (Å²) in [6.07, 6.45) is 1.99. The Bertz CT molecular complexity index is 670. The predicted octanol–water partition coefficient (Wildman–Crippen LogP) is 3.18. The van der Waals surface area contributed by atoms with Crippen molar-refractivity contribution < 1.29 is 14.6 Å². The van der Waals surface area contributed by atoms with E-state index in [-0.39, 0.29) is 18.5 Å². The second-order valence-corrected chi connectivity index (χ2v) is 6.66. The molecule has 1 aromatic carbocycles. The minimum atomic E-state index is -0.972. The number of aliphatic hydroxyl groups is 1. The summed E-state index contributed by atoms with van der Waals surface area (Å²) < 4.78 is 5.13. The Morgan fingerprint density at radius 1 is 1.39 bits per heavy atom. The number of thiophene rings is 1. The van der Waals surface area contributed by atoms with Gasteiger partial charge in [-0.3, -0.25) is 0 Å². The number of hydrogen-bond donors (Lipinski definition) is 3. The van der Waals surface area contributed by atoms with Crippen molar-refractivity contribution in [2.45, 2.75) is 18.4 Å². The Morgan fingerprint density at radius 3 is 2.87 bits per heavy atom. The van der Waals surface area contributed by atoms with Crippen molar-refractivity contribution in [2.75, 3.05) is 19.0 Å². The summed E-state index contributed by atoms with van der Waals surface area (Å²) in [4.78, 5) is 13.0. The molecule has 1 heterocycles. The first-order chi connectivity index (χ1) is 11.1. The smallest absolute Gasteiger partial charge is 0.319 e. The van der Waals surface area contributed by atoms with Crippen LogP contribution in [-0.4, -0.2) is 24.8 Å². The van der Waals surface area contributed by atoms with Gasteiger partial charge in [0.25, 0.3) is 0 Å². The summed E-state index contributed by atoms with van der Waals surface area (Å²) in [5, 5.41) is 18.4. The number of ether oxygens (including phenoxy) is 1. The molecule has 0 radical (unpaired) electrons. The molecule has 5 nitrogen and oxygen atoms in total. The monoisotopic (exact) mass is 332 g/mol. The van der Waals surface area contributed by atoms with Gasteiger partial charge in [0.05, 0.1) is 13.7 Å². The molecule has 1 atom stereocenters. The largest absolute Gasteiger partial charge is 0.497 e. The van der Waals surface area contributed by atoms with Crippen LogP contribution in [-0.2, 0) is 5.60 Å². The van der Waals surface area contributed by atoms with E-state index in [1.165, 1.54) is 11.3 Å². The second-order valence-electron chi connectivity index (χ2n) is 5.72. The minimum Gasteiger partial charge on any atom is -0.497 e. The first-order valence-electron chi connectivity index (χ1n) is 7.57. The highest BCUT2D eigenvalue weighted by molar-refractivity contribution is 7.10. The van der Waals surface area contributed by atoms with Gasteiger partial charge >= 0.3 is 6.03 Å². The highest BCUT2D eigenvalue weighted by Gasteiger charge is 2.45. The maximum Gasteiger partial charge on any atom is 0.319 e. The van der Waals surface area contributed by atoms with Crippen LogP contribution in [0, 0.1) is 5.92 Å². The summed E-state index contributed by atoms with van der Waals surface area (Å²) in [7, 11) is 1.58. The van der Waals surface area contributed by atoms with E-state index in [1.807, 2.05) is 23.6 Å². The molecule has 1 aromatic heterocycles. The van der Waals surface area contributed by atoms with Gasteiger partial charge in [-0.2, -0.15) is 0 Å². The van der Waals surface area contributed by atoms with Gasteiger partial charge in [-0.05, 0) is 42.3 Å². The average molecular weight is 332 g/mol. The number of carbonyl (C=O) groups is 1. The van der Waals surface area contributed by atoms with Crippen molar-refractivity contribution in [1.82, 2.24) is 5.32 Å². The molecule has 2 amide bonds. The standard InChI is InChI=1S/C17H20N2O3S/c1-22-14-5-2-4-13(10-14)19-16(20)18-11-17(21,12-7-8-12)15-6-3-9-23-15/h2-6,9-10,12,21H,7-8,11H2,1H3,(H2,18,19,20). The average Bonchev–Trinajstić information content (AvgIpc) is 3.28. The van der Waals surface area contributed by atoms with Crippen LogP contribution < -0.4 is 15.4 Å². The molecule has 122 valence electrons. The molecule has 0 bridgehead atoms. The fourth-order valence-electron chi connectivity index (χ4n) is 2.61. The van der Waals surface area contributed by atoms with Gasteiger partial charge in [0.1, 0.15) is 11.4 Å². The van der Waals surface area contributed by atoms with Crippen molar-refractivity contribution in [3.8, 4) is 5.75 Å². The maximum absolute atomic E-state index is 12.1. The van der Waals surface area contributed by atoms with Gasteiger partial charge in [-0.1, -0.05) is 12.1 Å². The molecule has 1 fully saturated rings. The van der Waals surface area contributed by atoms with Crippen LogP contribution in [0.2, 0.25) is 0 Å². The Hall–Kier alpha value is -2.05. The van der Waals surface area contributed by atoms with Crippen molar-refractivity contribution in [1.29, 1.82) is 0 Å². The van der Waals surface area contributed by atoms with Gasteiger partial charge in [0.15, 0.2) is 0 Å². The van der Waals surface area contributed by atoms with Crippen molar-refractivity contribution in [2.24, 2.45) is 5.92 Å². The molecule has 6 heteroatoms. The van der Waals surface area contributed by atoms with Crippen LogP contribution in [0.1, 0.15) is 17.7 Å². The first kappa shape index (κ1) is 15.8. The highest BCUT2D eigenvalue weighted by Crippen LogP contribution is 2.46. The Kier molecular flexibility index (Phi) is 4.54. The third kappa shape index (κ3) is 3.65. The van der Waals surface area contributed by atoms with E-state index in [1.54, 1.807) is 25.3 Å². The zero-order valence-electron chi connectivity index (χ0n) is 12.9. The topological polar surface area (TPSA) is 70.6 Å². The second kappa shape index (κ2) is 6.60. The lowest BCUT2D eigenvalue weighted by atomic mass is 9.96. The number of carbonyl (C=O) groups excluding carboxylic acids is 1. The number of nitrogens with one attached hydrogen (secondary N) is 2. The maximum atomic E-state index is 12.1. The third-order valence-corrected chi connectivity index (χ3v) is 5.08. The number of methoxy groups -OCH3 is 1. The summed E-state index contributed by atoms with van der Waals surface area (Å²) >= 11 is 1.52. The van der Waals surface area contributed by atoms with Crippen LogP contribution in [0.3, 0.4) is 0 Å². The lowest BCUT2D eigenvalue weighted by molar-refractivity contribution is 0.0200. The zero-order valence-corrected chi connectivity index (χ0v) is 13.7. The Labute approximate surface area is 139 Å². The van der Waals surface area contributed by atoms with E-state index in [0.717, 1.165) is 17.7 Å². The van der Waals surface area contributed by atoms with E-state index >= 15 is 0 Å². The molecule has 23 heavy (non-hydrogen) atoms. The fraction of sp³-hybridized carbons (Fsp3) is 0.353. The van der Waals surface area contributed by atoms with E-state index in [0.29, 0.717) is 11.4 Å². The Balaban J connectivity index is 1.61. The number of urea groups is 1. The van der Waals surface area contributed by atoms with Gasteiger partial charge in [-0.25, -0.2) is 4.79 Å². The number of amides is 2. The fourth-order valence-corrected chi connectivity index (χ4v) is 3.51. The molecule has 0 spiro atoms. The summed E-state index contributed by atoms with van der Waals surface area (Å²) in [6, 6.07) is 10.6. The number of anilines is 1. The van der Waals surface area contributed by atoms with Crippen LogP contribution in [0.5, 0.6) is 5.75 Å². The lowest BCUT2D eigenvalue weighted by Crippen LogP contribution is -2.43. The minimum absolute atomic E-state index is 0.202. The third-order valence-electron chi connectivity index (χ3n) is 4.05. The van der Waals surface area contributed by atoms with Crippen molar-refractivity contribution >= 4 is 23.1 Å². The molecule has 1 aliphatic carbocycles. The zero-order chi connectivity index (χ0) is 16.3. The highest BCUT2D eigenvalue weighted by atomic mass is 32.1. The molecule has 0 saturated heterocycles. The molecule has 1 unspecified atom stereocenters. The molecule has 3 N–H and O–H groups in total. The van der Waals surface area contributed by atoms with Crippen molar-refractivity contribution in [3.63, 3.8) is 0 Å². The number of benzene rings is 1. The summed E-state index contributed by atoms with van der Waals surface area (Å²) in [5.41, 5.74) is -0.326. The number of hydrogen-bond acceptors (Lipinski definition) is 4. The summed E-state index contributed by atoms with van der Waals surface area (Å²) in [6.45, 7) is 0.202. The molecule has 2 aromatic rings. The Morgan fingerprint density at radius 2 is 2.22 bits per heavy atom. The molecule has 1 aliphatic rings. The quantitative estimate of drug-likeness (QED) is 0.761. The molecule has 1 saturated carbocycles. The molecule has 3 rings (SSSR count). The van der Waals surface area contributed by atoms with Gasteiger partial charge in [0.2, 0.25) is 0 Å². The first-order valence-corrected chi connectivity index (χ1v) is 8.45. The van der Waals surface area contributed by atoms with Crippen molar-refractivity contribution in [3.05, 3.63) is 46.7 Å². The molecular weight excluding hydrogens is 312 g/mol. The predicted molar refractivity (Wildman–Crippen MR) is 91.0 cm³/mol. The number of rotatable bonds is 6. The van der Waals surface area contributed by atoms with E-state index in [2.05, 4.69) is 10.6 Å². The molecule has 0 aliphatic heterocycles. The van der Waals surface area contributed by atoms with E-state index in [9.17, 15) is 9.90 Å². The van der Waals surface area contributed by atoms with Crippen LogP contribution in [0.25, 0.3) is 0 Å². The van der Waals surface area contributed by atoms with Gasteiger partial charge in [0, 0.05) is 16.6 Å². The van der Waals surface area contributed by atoms with Gasteiger partial charge < -0.3 is 20.5 Å². The van der Waals surface area contributed by atoms with E-state index < -0.39 is 5.60 Å². The lowest BCUT2D eigenvalue weighted by Gasteiger charge is -2.27. The molecular formula is C17H20N2O3S. The van der Waals surface area contributed by atoms with Crippen LogP contribution in [0.15, 0.2) is 41.8 Å². The summed E-state index contributed by atoms with van der Waals surface area (Å²) in [5.74, 6) is 0.897. The SMILES string of the molecule is COc1cccc(NC(=O)NCC(O)(c2cccs2)C2CC2)c1. The van der Waals surface area contributed by atoms with Crippen LogP contribution in [0.4, 0.5) is 10.5 Å². The van der Waals surface area contributed by atoms with E-state index in [4.69, 9.17) is 4.74 Å². The normalized spacial score (nSPS) is 16.4.